The van der Waals surface area contributed by atoms with E-state index in [0.717, 1.165) is 36.4 Å². The second-order valence-electron chi connectivity index (χ2n) is 8.22. The van der Waals surface area contributed by atoms with Crippen molar-refractivity contribution in [2.45, 2.75) is 18.9 Å². The number of hydrogen-bond acceptors (Lipinski definition) is 10. The highest BCUT2D eigenvalue weighted by Gasteiger charge is 2.28. The van der Waals surface area contributed by atoms with Crippen LogP contribution in [0.2, 0.25) is 0 Å². The molecule has 0 radical (unpaired) electrons. The highest BCUT2D eigenvalue weighted by atomic mass is 16.5. The number of aryl methyl sites for hydroxylation is 1. The number of ether oxygens (including phenoxy) is 3. The Hall–Kier alpha value is -4.06. The smallest absolute Gasteiger partial charge is 0.231 e. The molecule has 0 aliphatic carbocycles. The van der Waals surface area contributed by atoms with Crippen molar-refractivity contribution in [1.82, 2.24) is 29.3 Å². The molecule has 0 amide bonds. The summed E-state index contributed by atoms with van der Waals surface area (Å²) in [5, 5.41) is 17.4. The predicted molar refractivity (Wildman–Crippen MR) is 130 cm³/mol. The molecule has 1 fully saturated rings. The van der Waals surface area contributed by atoms with E-state index in [2.05, 4.69) is 25.3 Å². The number of hydrogen-bond donors (Lipinski definition) is 2. The van der Waals surface area contributed by atoms with Gasteiger partial charge in [0.25, 0.3) is 0 Å². The summed E-state index contributed by atoms with van der Waals surface area (Å²) in [7, 11) is 6.59. The van der Waals surface area contributed by atoms with Crippen LogP contribution in [-0.4, -0.2) is 74.9 Å². The quantitative estimate of drug-likeness (QED) is 0.388. The summed E-state index contributed by atoms with van der Waals surface area (Å²) in [6, 6.07) is 3.70. The van der Waals surface area contributed by atoms with Gasteiger partial charge < -0.3 is 34.1 Å². The van der Waals surface area contributed by atoms with E-state index in [9.17, 15) is 5.11 Å². The molecule has 5 rings (SSSR count). The lowest BCUT2D eigenvalue weighted by atomic mass is 10.2. The second kappa shape index (κ2) is 9.29. The lowest BCUT2D eigenvalue weighted by molar-refractivity contribution is 0.266. The molecule has 0 bridgehead atoms. The Morgan fingerprint density at radius 2 is 1.89 bits per heavy atom. The number of nitrogens with zero attached hydrogens (tertiary/aromatic N) is 7. The Balaban J connectivity index is 1.48. The number of imidazole rings is 1. The van der Waals surface area contributed by atoms with E-state index in [-0.39, 0.29) is 12.6 Å². The number of fused-ring (bicyclic) bond motifs is 1. The van der Waals surface area contributed by atoms with Crippen molar-refractivity contribution in [3.63, 3.8) is 0 Å². The summed E-state index contributed by atoms with van der Waals surface area (Å²) >= 11 is 0. The number of anilines is 3. The Labute approximate surface area is 202 Å². The fourth-order valence-corrected chi connectivity index (χ4v) is 4.48. The summed E-state index contributed by atoms with van der Waals surface area (Å²) in [6.45, 7) is 0.892. The van der Waals surface area contributed by atoms with Crippen LogP contribution >= 0.6 is 0 Å². The van der Waals surface area contributed by atoms with Gasteiger partial charge in [-0.25, -0.2) is 9.97 Å². The van der Waals surface area contributed by atoms with Crippen molar-refractivity contribution in [2.75, 3.05) is 44.7 Å². The van der Waals surface area contributed by atoms with Crippen molar-refractivity contribution < 1.29 is 19.3 Å². The van der Waals surface area contributed by atoms with Gasteiger partial charge >= 0.3 is 0 Å². The fraction of sp³-hybridized carbons (Fsp3) is 0.391. The first-order valence-corrected chi connectivity index (χ1v) is 11.2. The summed E-state index contributed by atoms with van der Waals surface area (Å²) in [5.74, 6) is 3.32. The Kier molecular flexibility index (Phi) is 6.03. The van der Waals surface area contributed by atoms with Gasteiger partial charge in [0.05, 0.1) is 52.1 Å². The first-order chi connectivity index (χ1) is 17.1. The third kappa shape index (κ3) is 4.05. The molecule has 35 heavy (non-hydrogen) atoms. The maximum Gasteiger partial charge on any atom is 0.231 e. The van der Waals surface area contributed by atoms with Crippen molar-refractivity contribution in [3.05, 3.63) is 30.9 Å². The van der Waals surface area contributed by atoms with Crippen molar-refractivity contribution in [3.8, 4) is 22.9 Å². The average molecular weight is 481 g/mol. The van der Waals surface area contributed by atoms with Gasteiger partial charge in [-0.15, -0.1) is 0 Å². The van der Waals surface area contributed by atoms with Crippen LogP contribution in [0.3, 0.4) is 0 Å². The number of aliphatic hydroxyl groups is 1. The molecule has 12 heteroatoms. The van der Waals surface area contributed by atoms with Gasteiger partial charge in [0.15, 0.2) is 23.1 Å². The van der Waals surface area contributed by atoms with Crippen LogP contribution < -0.4 is 24.4 Å². The van der Waals surface area contributed by atoms with E-state index in [1.807, 2.05) is 29.9 Å². The molecule has 1 atom stereocenters. The molecule has 1 saturated heterocycles. The highest BCUT2D eigenvalue weighted by Crippen LogP contribution is 2.39. The normalized spacial score (nSPS) is 15.6. The van der Waals surface area contributed by atoms with Gasteiger partial charge in [0, 0.05) is 25.7 Å². The summed E-state index contributed by atoms with van der Waals surface area (Å²) in [5.41, 5.74) is 2.33. The van der Waals surface area contributed by atoms with E-state index >= 15 is 0 Å². The van der Waals surface area contributed by atoms with Gasteiger partial charge in [-0.05, 0) is 12.8 Å². The molecular weight excluding hydrogens is 452 g/mol. The number of methoxy groups -OCH3 is 3. The molecule has 1 aliphatic rings. The molecule has 1 aromatic carbocycles. The Bertz CT molecular complexity index is 1330. The summed E-state index contributed by atoms with van der Waals surface area (Å²) in [4.78, 5) is 16.0. The number of aromatic nitrogens is 6. The summed E-state index contributed by atoms with van der Waals surface area (Å²) in [6.07, 6.45) is 7.13. The topological polar surface area (TPSA) is 125 Å². The zero-order chi connectivity index (χ0) is 24.5. The first-order valence-electron chi connectivity index (χ1n) is 11.2. The Morgan fingerprint density at radius 3 is 2.57 bits per heavy atom. The molecule has 4 aromatic rings. The lowest BCUT2D eigenvalue weighted by Crippen LogP contribution is -2.33. The van der Waals surface area contributed by atoms with Crippen LogP contribution in [0.5, 0.6) is 17.2 Å². The van der Waals surface area contributed by atoms with Crippen molar-refractivity contribution in [2.24, 2.45) is 7.05 Å². The number of aliphatic hydroxyl groups excluding tert-OH is 1. The van der Waals surface area contributed by atoms with Crippen LogP contribution in [0.25, 0.3) is 16.7 Å². The van der Waals surface area contributed by atoms with Gasteiger partial charge in [-0.1, -0.05) is 0 Å². The van der Waals surface area contributed by atoms with E-state index < -0.39 is 0 Å². The van der Waals surface area contributed by atoms with Crippen molar-refractivity contribution in [1.29, 1.82) is 0 Å². The molecule has 12 nitrogen and oxygen atoms in total. The van der Waals surface area contributed by atoms with Gasteiger partial charge in [0.2, 0.25) is 11.7 Å². The first kappa shape index (κ1) is 22.7. The largest absolute Gasteiger partial charge is 0.493 e. The molecule has 2 N–H and O–H groups in total. The average Bonchev–Trinajstić information content (AvgIpc) is 3.63. The predicted octanol–water partition coefficient (Wildman–Crippen LogP) is 2.28. The van der Waals surface area contributed by atoms with Crippen LogP contribution in [0.4, 0.5) is 17.6 Å². The minimum atomic E-state index is 0.0232. The maximum atomic E-state index is 9.85. The molecule has 0 unspecified atom stereocenters. The van der Waals surface area contributed by atoms with Crippen molar-refractivity contribution >= 4 is 28.6 Å². The number of rotatable bonds is 8. The molecule has 3 aromatic heterocycles. The zero-order valence-corrected chi connectivity index (χ0v) is 20.1. The van der Waals surface area contributed by atoms with Gasteiger partial charge in [-0.2, -0.15) is 10.1 Å². The van der Waals surface area contributed by atoms with Gasteiger partial charge in [-0.3, -0.25) is 4.68 Å². The second-order valence-corrected chi connectivity index (χ2v) is 8.22. The molecule has 0 spiro atoms. The molecule has 1 aliphatic heterocycles. The van der Waals surface area contributed by atoms with Crippen LogP contribution in [0.15, 0.2) is 30.9 Å². The third-order valence-corrected chi connectivity index (χ3v) is 6.20. The Morgan fingerprint density at radius 1 is 1.11 bits per heavy atom. The fourth-order valence-electron chi connectivity index (χ4n) is 4.48. The number of benzene rings is 1. The highest BCUT2D eigenvalue weighted by molar-refractivity contribution is 5.87. The van der Waals surface area contributed by atoms with E-state index in [0.29, 0.717) is 34.5 Å². The SMILES string of the molecule is COc1cc(-n2cnc(Nc3nc(N4CCC[C@H]4CO)c4c(cnn4C)n3)c2)cc(OC)c1OC. The van der Waals surface area contributed by atoms with E-state index in [1.165, 1.54) is 0 Å². The third-order valence-electron chi connectivity index (χ3n) is 6.20. The lowest BCUT2D eigenvalue weighted by Gasteiger charge is -2.25. The standard InChI is InChI=1S/C23H28N8O4/c1-29-20-16(10-25-29)26-23(28-22(20)31-7-5-6-14(31)12-32)27-19-11-30(13-24-19)15-8-17(33-2)21(35-4)18(9-15)34-3/h8-11,13-14,32H,5-7,12H2,1-4H3,(H,26,27,28)/t14-/m0/s1. The molecule has 4 heterocycles. The van der Waals surface area contributed by atoms with Crippen LogP contribution in [-0.2, 0) is 7.05 Å². The molecule has 0 saturated carbocycles. The molecular formula is C23H28N8O4. The van der Waals surface area contributed by atoms with Crippen LogP contribution in [0, 0.1) is 0 Å². The van der Waals surface area contributed by atoms with Gasteiger partial charge in [0.1, 0.15) is 17.4 Å². The summed E-state index contributed by atoms with van der Waals surface area (Å²) < 4.78 is 19.9. The minimum absolute atomic E-state index is 0.0232. The zero-order valence-electron chi connectivity index (χ0n) is 20.1. The monoisotopic (exact) mass is 480 g/mol. The van der Waals surface area contributed by atoms with E-state index in [1.54, 1.807) is 38.5 Å². The maximum absolute atomic E-state index is 9.85. The van der Waals surface area contributed by atoms with Crippen LogP contribution in [0.1, 0.15) is 12.8 Å². The molecule has 184 valence electrons. The minimum Gasteiger partial charge on any atom is -0.493 e. The number of nitrogens with one attached hydrogen (secondary N) is 1. The van der Waals surface area contributed by atoms with E-state index in [4.69, 9.17) is 19.2 Å².